The number of aromatic nitrogens is 2. The molecule has 6 nitrogen and oxygen atoms in total. The highest BCUT2D eigenvalue weighted by atomic mass is 35.5. The third-order valence-corrected chi connectivity index (χ3v) is 7.88. The maximum Gasteiger partial charge on any atom is 0.269 e. The molecule has 3 aromatic rings. The van der Waals surface area contributed by atoms with Crippen LogP contribution in [0.5, 0.6) is 11.6 Å². The molecular weight excluding hydrogens is 537 g/mol. The van der Waals surface area contributed by atoms with Crippen molar-refractivity contribution in [2.24, 2.45) is 5.92 Å². The molecule has 1 unspecified atom stereocenters. The molecule has 1 fully saturated rings. The van der Waals surface area contributed by atoms with Crippen molar-refractivity contribution in [3.05, 3.63) is 73.5 Å². The largest absolute Gasteiger partial charge is 0.437 e. The van der Waals surface area contributed by atoms with Gasteiger partial charge in [-0.05, 0) is 48.7 Å². The van der Waals surface area contributed by atoms with Crippen molar-refractivity contribution in [3.63, 3.8) is 0 Å². The highest BCUT2D eigenvalue weighted by Gasteiger charge is 2.34. The normalized spacial score (nSPS) is 15.8. The molecular formula is C26H25Cl2N3O3S2. The maximum atomic E-state index is 13.5. The fourth-order valence-corrected chi connectivity index (χ4v) is 5.61. The summed E-state index contributed by atoms with van der Waals surface area (Å²) in [5.41, 5.74) is 0.151. The number of carbonyl (C=O) groups excluding carboxylic acids is 1. The van der Waals surface area contributed by atoms with E-state index in [0.29, 0.717) is 32.4 Å². The van der Waals surface area contributed by atoms with Gasteiger partial charge in [-0.15, -0.1) is 0 Å². The molecule has 4 rings (SSSR count). The van der Waals surface area contributed by atoms with Gasteiger partial charge in [0.05, 0.1) is 9.93 Å². The summed E-state index contributed by atoms with van der Waals surface area (Å²) < 4.78 is 7.87. The van der Waals surface area contributed by atoms with Crippen LogP contribution in [0.4, 0.5) is 0 Å². The Morgan fingerprint density at radius 2 is 2.00 bits per heavy atom. The van der Waals surface area contributed by atoms with Gasteiger partial charge in [-0.3, -0.25) is 18.9 Å². The zero-order valence-corrected chi connectivity index (χ0v) is 23.0. The van der Waals surface area contributed by atoms with E-state index in [1.165, 1.54) is 22.2 Å². The van der Waals surface area contributed by atoms with Gasteiger partial charge in [0.2, 0.25) is 5.88 Å². The number of carbonyl (C=O) groups is 1. The molecule has 1 atom stereocenters. The third kappa shape index (κ3) is 5.78. The van der Waals surface area contributed by atoms with Crippen molar-refractivity contribution < 1.29 is 9.53 Å². The van der Waals surface area contributed by atoms with Gasteiger partial charge >= 0.3 is 0 Å². The first-order valence-corrected chi connectivity index (χ1v) is 13.7. The number of thiocarbonyl (C=S) groups is 1. The number of thioether (sulfide) groups is 1. The van der Waals surface area contributed by atoms with Gasteiger partial charge in [0.15, 0.2) is 0 Å². The van der Waals surface area contributed by atoms with E-state index in [9.17, 15) is 9.59 Å². The number of pyridine rings is 1. The van der Waals surface area contributed by atoms with E-state index in [2.05, 4.69) is 18.8 Å². The van der Waals surface area contributed by atoms with Crippen LogP contribution in [0.15, 0.2) is 52.3 Å². The molecule has 0 bridgehead atoms. The lowest BCUT2D eigenvalue weighted by Crippen LogP contribution is -2.33. The van der Waals surface area contributed by atoms with Crippen molar-refractivity contribution in [1.29, 1.82) is 0 Å². The summed E-state index contributed by atoms with van der Waals surface area (Å²) in [5.74, 6) is 0.478. The molecule has 2 aromatic heterocycles. The lowest BCUT2D eigenvalue weighted by molar-refractivity contribution is -0.122. The molecule has 10 heteroatoms. The Morgan fingerprint density at radius 1 is 1.19 bits per heavy atom. The van der Waals surface area contributed by atoms with Crippen LogP contribution in [0.25, 0.3) is 11.7 Å². The first-order chi connectivity index (χ1) is 17.3. The number of nitrogens with zero attached hydrogens (tertiary/aromatic N) is 3. The molecule has 1 amide bonds. The van der Waals surface area contributed by atoms with Crippen LogP contribution in [0.1, 0.15) is 45.1 Å². The molecule has 1 aliphatic rings. The van der Waals surface area contributed by atoms with Gasteiger partial charge in [0, 0.05) is 17.8 Å². The van der Waals surface area contributed by atoms with Crippen LogP contribution in [-0.4, -0.2) is 31.1 Å². The summed E-state index contributed by atoms with van der Waals surface area (Å²) in [6.45, 7) is 4.85. The van der Waals surface area contributed by atoms with Crippen molar-refractivity contribution in [3.8, 4) is 11.6 Å². The molecule has 0 aliphatic carbocycles. The SMILES string of the molecule is CCCCC(CC)CN1C(=O)/C(=C\c2c(Oc3ccc(Cl)cc3Cl)nc3ccccn3c2=O)SC1=S. The highest BCUT2D eigenvalue weighted by molar-refractivity contribution is 8.26. The predicted octanol–water partition coefficient (Wildman–Crippen LogP) is 7.21. The first kappa shape index (κ1) is 26.7. The number of amides is 1. The Morgan fingerprint density at radius 3 is 2.72 bits per heavy atom. The minimum atomic E-state index is -0.375. The van der Waals surface area contributed by atoms with Gasteiger partial charge in [-0.1, -0.05) is 86.4 Å². The molecule has 3 heterocycles. The van der Waals surface area contributed by atoms with Crippen LogP contribution < -0.4 is 10.3 Å². The summed E-state index contributed by atoms with van der Waals surface area (Å²) in [5, 5.41) is 0.722. The molecule has 1 saturated heterocycles. The molecule has 1 aliphatic heterocycles. The molecule has 188 valence electrons. The molecule has 0 saturated carbocycles. The van der Waals surface area contributed by atoms with E-state index in [1.807, 2.05) is 0 Å². The monoisotopic (exact) mass is 561 g/mol. The average molecular weight is 563 g/mol. The Kier molecular flexibility index (Phi) is 8.72. The lowest BCUT2D eigenvalue weighted by Gasteiger charge is -2.21. The van der Waals surface area contributed by atoms with Crippen LogP contribution >= 0.6 is 47.2 Å². The smallest absolute Gasteiger partial charge is 0.269 e. The highest BCUT2D eigenvalue weighted by Crippen LogP contribution is 2.36. The van der Waals surface area contributed by atoms with Crippen molar-refractivity contribution in [1.82, 2.24) is 14.3 Å². The summed E-state index contributed by atoms with van der Waals surface area (Å²) in [6, 6.07) is 9.97. The second-order valence-corrected chi connectivity index (χ2v) is 11.0. The number of rotatable bonds is 9. The van der Waals surface area contributed by atoms with E-state index in [1.54, 1.807) is 47.5 Å². The summed E-state index contributed by atoms with van der Waals surface area (Å²) in [6.07, 6.45) is 7.35. The molecule has 36 heavy (non-hydrogen) atoms. The number of halogens is 2. The zero-order chi connectivity index (χ0) is 25.8. The van der Waals surface area contributed by atoms with E-state index < -0.39 is 0 Å². The number of benzene rings is 1. The fraction of sp³-hybridized carbons (Fsp3) is 0.308. The first-order valence-electron chi connectivity index (χ1n) is 11.7. The number of unbranched alkanes of at least 4 members (excludes halogenated alkanes) is 1. The number of ether oxygens (including phenoxy) is 1. The lowest BCUT2D eigenvalue weighted by atomic mass is 9.99. The molecule has 0 radical (unpaired) electrons. The van der Waals surface area contributed by atoms with Gasteiger partial charge in [0.25, 0.3) is 11.5 Å². The Balaban J connectivity index is 1.74. The molecule has 0 N–H and O–H groups in total. The average Bonchev–Trinajstić information content (AvgIpc) is 3.12. The number of fused-ring (bicyclic) bond motifs is 1. The van der Waals surface area contributed by atoms with Crippen LogP contribution in [0.2, 0.25) is 10.0 Å². The second kappa shape index (κ2) is 11.8. The quantitative estimate of drug-likeness (QED) is 0.203. The predicted molar refractivity (Wildman–Crippen MR) is 151 cm³/mol. The van der Waals surface area contributed by atoms with Crippen molar-refractivity contribution in [2.75, 3.05) is 6.54 Å². The number of hydrogen-bond acceptors (Lipinski definition) is 6. The maximum absolute atomic E-state index is 13.5. The zero-order valence-electron chi connectivity index (χ0n) is 19.9. The topological polar surface area (TPSA) is 63.9 Å². The van der Waals surface area contributed by atoms with E-state index in [0.717, 1.165) is 25.7 Å². The Bertz CT molecular complexity index is 1410. The minimum absolute atomic E-state index is 0.0371. The molecule has 1 aromatic carbocycles. The molecule has 0 spiro atoms. The van der Waals surface area contributed by atoms with Gasteiger partial charge < -0.3 is 4.74 Å². The summed E-state index contributed by atoms with van der Waals surface area (Å²) in [7, 11) is 0. The Hall–Kier alpha value is -2.39. The third-order valence-electron chi connectivity index (χ3n) is 5.97. The Labute approximate surface area is 229 Å². The van der Waals surface area contributed by atoms with E-state index in [4.69, 9.17) is 40.2 Å². The second-order valence-electron chi connectivity index (χ2n) is 8.45. The van der Waals surface area contributed by atoms with Crippen molar-refractivity contribution >= 4 is 69.1 Å². The van der Waals surface area contributed by atoms with E-state index >= 15 is 0 Å². The van der Waals surface area contributed by atoms with Gasteiger partial charge in [0.1, 0.15) is 21.3 Å². The summed E-state index contributed by atoms with van der Waals surface area (Å²) in [4.78, 5) is 33.3. The van der Waals surface area contributed by atoms with Crippen LogP contribution in [0.3, 0.4) is 0 Å². The fourth-order valence-electron chi connectivity index (χ4n) is 3.91. The standard InChI is InChI=1S/C26H25Cl2N3O3S2/c1-3-5-8-16(4-2)15-31-25(33)21(36-26(31)35)14-18-23(34-20-11-10-17(27)13-19(20)28)29-22-9-6-7-12-30(22)24(18)32/h6-7,9-14,16H,3-5,8,15H2,1-2H3/b21-14+. The van der Waals surface area contributed by atoms with Gasteiger partial charge in [-0.2, -0.15) is 4.98 Å². The van der Waals surface area contributed by atoms with Crippen LogP contribution in [0, 0.1) is 5.92 Å². The minimum Gasteiger partial charge on any atom is -0.437 e. The summed E-state index contributed by atoms with van der Waals surface area (Å²) >= 11 is 19.0. The van der Waals surface area contributed by atoms with Gasteiger partial charge in [-0.25, -0.2) is 0 Å². The van der Waals surface area contributed by atoms with Crippen LogP contribution in [-0.2, 0) is 4.79 Å². The van der Waals surface area contributed by atoms with Crippen molar-refractivity contribution in [2.45, 2.75) is 39.5 Å². The van der Waals surface area contributed by atoms with E-state index in [-0.39, 0.29) is 33.7 Å². The number of hydrogen-bond donors (Lipinski definition) is 0.